The minimum absolute atomic E-state index is 0.00908. The molecule has 0 aromatic rings. The summed E-state index contributed by atoms with van der Waals surface area (Å²) >= 11 is 0. The fourth-order valence-electron chi connectivity index (χ4n) is 2.05. The molecule has 0 heterocycles. The minimum Gasteiger partial charge on any atom is -0.337 e. The molecule has 0 aromatic carbocycles. The van der Waals surface area contributed by atoms with Gasteiger partial charge < -0.3 is 16.0 Å². The molecule has 94 valence electrons. The topological polar surface area (TPSA) is 53.2 Å². The Morgan fingerprint density at radius 2 is 1.88 bits per heavy atom. The number of amides is 2. The Labute approximate surface area is 98.6 Å². The first-order valence-electron chi connectivity index (χ1n) is 6.58. The van der Waals surface area contributed by atoms with Crippen molar-refractivity contribution in [1.29, 1.82) is 0 Å². The van der Waals surface area contributed by atoms with Gasteiger partial charge in [-0.3, -0.25) is 0 Å². The summed E-state index contributed by atoms with van der Waals surface area (Å²) in [7, 11) is 0. The van der Waals surface area contributed by atoms with Crippen LogP contribution < -0.4 is 16.0 Å². The molecule has 1 rings (SSSR count). The Balaban J connectivity index is 1.97. The van der Waals surface area contributed by atoms with Crippen molar-refractivity contribution in [2.45, 2.75) is 51.5 Å². The van der Waals surface area contributed by atoms with Gasteiger partial charge in [-0.05, 0) is 25.8 Å². The first-order chi connectivity index (χ1) is 7.83. The van der Waals surface area contributed by atoms with Gasteiger partial charge in [-0.25, -0.2) is 4.79 Å². The van der Waals surface area contributed by atoms with Crippen LogP contribution in [0.2, 0.25) is 0 Å². The van der Waals surface area contributed by atoms with Crippen molar-refractivity contribution in [3.05, 3.63) is 0 Å². The van der Waals surface area contributed by atoms with E-state index >= 15 is 0 Å². The van der Waals surface area contributed by atoms with E-state index in [1.54, 1.807) is 0 Å². The molecule has 1 saturated carbocycles. The Bertz CT molecular complexity index is 191. The lowest BCUT2D eigenvalue weighted by atomic mass is 9.96. The van der Waals surface area contributed by atoms with Gasteiger partial charge in [-0.2, -0.15) is 0 Å². The lowest BCUT2D eigenvalue weighted by Gasteiger charge is -2.22. The molecule has 3 N–H and O–H groups in total. The molecule has 4 heteroatoms. The third-order valence-corrected chi connectivity index (χ3v) is 2.95. The molecule has 0 radical (unpaired) electrons. The summed E-state index contributed by atoms with van der Waals surface area (Å²) in [5.41, 5.74) is 0. The Hall–Kier alpha value is -0.770. The number of carbonyl (C=O) groups excluding carboxylic acids is 1. The predicted octanol–water partition coefficient (Wildman–Crippen LogP) is 1.62. The Morgan fingerprint density at radius 1 is 1.12 bits per heavy atom. The van der Waals surface area contributed by atoms with Gasteiger partial charge in [0, 0.05) is 19.1 Å². The second kappa shape index (κ2) is 8.39. The van der Waals surface area contributed by atoms with Crippen molar-refractivity contribution in [3.8, 4) is 0 Å². The van der Waals surface area contributed by atoms with Crippen molar-refractivity contribution in [2.75, 3.05) is 19.6 Å². The van der Waals surface area contributed by atoms with Crippen molar-refractivity contribution in [1.82, 2.24) is 16.0 Å². The van der Waals surface area contributed by atoms with Crippen molar-refractivity contribution in [2.24, 2.45) is 0 Å². The van der Waals surface area contributed by atoms with Crippen molar-refractivity contribution in [3.63, 3.8) is 0 Å². The number of urea groups is 1. The fourth-order valence-corrected chi connectivity index (χ4v) is 2.05. The number of rotatable bonds is 6. The molecule has 1 aliphatic carbocycles. The van der Waals surface area contributed by atoms with Gasteiger partial charge >= 0.3 is 6.03 Å². The summed E-state index contributed by atoms with van der Waals surface area (Å²) in [6.45, 7) is 4.71. The summed E-state index contributed by atoms with van der Waals surface area (Å²) in [5.74, 6) is 0. The number of hydrogen-bond acceptors (Lipinski definition) is 2. The predicted molar refractivity (Wildman–Crippen MR) is 66.6 cm³/mol. The molecule has 1 aliphatic rings. The van der Waals surface area contributed by atoms with Crippen molar-refractivity contribution >= 4 is 6.03 Å². The molecular formula is C12H25N3O. The van der Waals surface area contributed by atoms with Gasteiger partial charge in [0.1, 0.15) is 0 Å². The second-order valence-corrected chi connectivity index (χ2v) is 4.49. The van der Waals surface area contributed by atoms with Crippen LogP contribution in [0.4, 0.5) is 4.79 Å². The maximum atomic E-state index is 11.5. The molecule has 0 unspecified atom stereocenters. The van der Waals surface area contributed by atoms with Gasteiger partial charge in [0.25, 0.3) is 0 Å². The Morgan fingerprint density at radius 3 is 2.56 bits per heavy atom. The monoisotopic (exact) mass is 227 g/mol. The standard InChI is InChI=1S/C12H25N3O/c1-2-8-13-9-10-14-12(16)15-11-6-4-3-5-7-11/h11,13H,2-10H2,1H3,(H2,14,15,16). The molecule has 0 spiro atoms. The van der Waals surface area contributed by atoms with E-state index in [9.17, 15) is 4.79 Å². The SMILES string of the molecule is CCCNCCNC(=O)NC1CCCCC1. The summed E-state index contributed by atoms with van der Waals surface area (Å²) in [5, 5.41) is 9.16. The van der Waals surface area contributed by atoms with Crippen molar-refractivity contribution < 1.29 is 4.79 Å². The molecule has 1 fully saturated rings. The molecule has 0 bridgehead atoms. The van der Waals surface area contributed by atoms with E-state index in [0.29, 0.717) is 12.6 Å². The average Bonchev–Trinajstić information content (AvgIpc) is 2.30. The zero-order chi connectivity index (χ0) is 11.6. The maximum Gasteiger partial charge on any atom is 0.315 e. The zero-order valence-electron chi connectivity index (χ0n) is 10.3. The molecular weight excluding hydrogens is 202 g/mol. The van der Waals surface area contributed by atoms with E-state index in [1.165, 1.54) is 19.3 Å². The number of hydrogen-bond donors (Lipinski definition) is 3. The molecule has 0 aromatic heterocycles. The summed E-state index contributed by atoms with van der Waals surface area (Å²) in [6, 6.07) is 0.391. The normalized spacial score (nSPS) is 17.1. The smallest absolute Gasteiger partial charge is 0.315 e. The summed E-state index contributed by atoms with van der Waals surface area (Å²) in [6.07, 6.45) is 7.24. The van der Waals surface area contributed by atoms with Crippen LogP contribution in [0.15, 0.2) is 0 Å². The molecule has 0 atom stereocenters. The molecule has 2 amide bonds. The van der Waals surface area contributed by atoms with Crippen LogP contribution in [-0.2, 0) is 0 Å². The third kappa shape index (κ3) is 5.95. The zero-order valence-corrected chi connectivity index (χ0v) is 10.3. The molecule has 16 heavy (non-hydrogen) atoms. The third-order valence-electron chi connectivity index (χ3n) is 2.95. The van der Waals surface area contributed by atoms with Gasteiger partial charge in [0.2, 0.25) is 0 Å². The number of nitrogens with one attached hydrogen (secondary N) is 3. The molecule has 0 aliphatic heterocycles. The second-order valence-electron chi connectivity index (χ2n) is 4.49. The first kappa shape index (κ1) is 13.3. The molecule has 0 saturated heterocycles. The van der Waals surface area contributed by atoms with Crippen LogP contribution in [0, 0.1) is 0 Å². The highest BCUT2D eigenvalue weighted by Crippen LogP contribution is 2.16. The highest BCUT2D eigenvalue weighted by atomic mass is 16.2. The average molecular weight is 227 g/mol. The van der Waals surface area contributed by atoms with Crippen LogP contribution in [-0.4, -0.2) is 31.7 Å². The Kier molecular flexibility index (Phi) is 6.97. The van der Waals surface area contributed by atoms with Crippen LogP contribution >= 0.6 is 0 Å². The van der Waals surface area contributed by atoms with E-state index in [0.717, 1.165) is 32.4 Å². The van der Waals surface area contributed by atoms with Gasteiger partial charge in [0.05, 0.1) is 0 Å². The van der Waals surface area contributed by atoms with E-state index < -0.39 is 0 Å². The highest BCUT2D eigenvalue weighted by Gasteiger charge is 2.14. The summed E-state index contributed by atoms with van der Waals surface area (Å²) < 4.78 is 0. The van der Waals surface area contributed by atoms with Gasteiger partial charge in [0.15, 0.2) is 0 Å². The summed E-state index contributed by atoms with van der Waals surface area (Å²) in [4.78, 5) is 11.5. The van der Waals surface area contributed by atoms with E-state index in [-0.39, 0.29) is 6.03 Å². The lowest BCUT2D eigenvalue weighted by molar-refractivity contribution is 0.232. The first-order valence-corrected chi connectivity index (χ1v) is 6.58. The lowest BCUT2D eigenvalue weighted by Crippen LogP contribution is -2.44. The van der Waals surface area contributed by atoms with Crippen LogP contribution in [0.3, 0.4) is 0 Å². The van der Waals surface area contributed by atoms with Crippen LogP contribution in [0.25, 0.3) is 0 Å². The van der Waals surface area contributed by atoms with Crippen LogP contribution in [0.5, 0.6) is 0 Å². The van der Waals surface area contributed by atoms with E-state index in [4.69, 9.17) is 0 Å². The fraction of sp³-hybridized carbons (Fsp3) is 0.917. The maximum absolute atomic E-state index is 11.5. The number of carbonyl (C=O) groups is 1. The minimum atomic E-state index is -0.00908. The van der Waals surface area contributed by atoms with Gasteiger partial charge in [-0.15, -0.1) is 0 Å². The van der Waals surface area contributed by atoms with E-state index in [1.807, 2.05) is 0 Å². The van der Waals surface area contributed by atoms with E-state index in [2.05, 4.69) is 22.9 Å². The highest BCUT2D eigenvalue weighted by molar-refractivity contribution is 5.74. The molecule has 4 nitrogen and oxygen atoms in total. The van der Waals surface area contributed by atoms with Crippen LogP contribution in [0.1, 0.15) is 45.4 Å². The quantitative estimate of drug-likeness (QED) is 0.604. The van der Waals surface area contributed by atoms with Gasteiger partial charge in [-0.1, -0.05) is 26.2 Å². The largest absolute Gasteiger partial charge is 0.337 e.